The maximum Gasteiger partial charge on any atom is 0.459 e. The molecule has 200 valence electrons. The molecule has 2 saturated heterocycles. The number of hydrogen-bond donors (Lipinski definition) is 3. The molecule has 0 radical (unpaired) electrons. The molecule has 14 heteroatoms. The molecule has 1 aromatic carbocycles. The van der Waals surface area contributed by atoms with Gasteiger partial charge in [-0.1, -0.05) is 25.1 Å². The Morgan fingerprint density at radius 1 is 1.31 bits per heavy atom. The number of aliphatic hydroxyl groups excluding tert-OH is 1. The third-order valence-electron chi connectivity index (χ3n) is 5.44. The van der Waals surface area contributed by atoms with Crippen molar-refractivity contribution >= 4 is 25.7 Å². The highest BCUT2D eigenvalue weighted by Crippen LogP contribution is 2.45. The number of imide groups is 1. The SMILES string of the molecule is CC(C)OC(=O)[C@H](C)NP(=O)(OC[C@@H]1O[C@H](N2CC(C)C(=O)NC2=O)[C@H](F)[C@H]1O)Oc1ccccc1. The second kappa shape index (κ2) is 11.7. The summed E-state index contributed by atoms with van der Waals surface area (Å²) in [7, 11) is -4.28. The summed E-state index contributed by atoms with van der Waals surface area (Å²) >= 11 is 0. The van der Waals surface area contributed by atoms with Gasteiger partial charge in [0.05, 0.1) is 18.6 Å². The Hall–Kier alpha value is -2.57. The first-order chi connectivity index (χ1) is 16.9. The molecule has 1 aromatic rings. The number of benzene rings is 1. The van der Waals surface area contributed by atoms with Crippen molar-refractivity contribution in [2.75, 3.05) is 13.2 Å². The lowest BCUT2D eigenvalue weighted by molar-refractivity contribution is -0.149. The number of carbonyl (C=O) groups excluding carboxylic acids is 3. The summed E-state index contributed by atoms with van der Waals surface area (Å²) in [4.78, 5) is 37.1. The van der Waals surface area contributed by atoms with Crippen molar-refractivity contribution in [3.8, 4) is 5.75 Å². The van der Waals surface area contributed by atoms with Gasteiger partial charge in [-0.2, -0.15) is 5.09 Å². The highest BCUT2D eigenvalue weighted by Gasteiger charge is 2.50. The first-order valence-corrected chi connectivity index (χ1v) is 13.0. The van der Waals surface area contributed by atoms with E-state index in [9.17, 15) is 28.4 Å². The number of rotatable bonds is 10. The number of carbonyl (C=O) groups is 3. The van der Waals surface area contributed by atoms with E-state index in [1.165, 1.54) is 19.1 Å². The van der Waals surface area contributed by atoms with Gasteiger partial charge in [-0.25, -0.2) is 13.8 Å². The topological polar surface area (TPSA) is 153 Å². The minimum atomic E-state index is -4.28. The summed E-state index contributed by atoms with van der Waals surface area (Å²) in [5.74, 6) is -1.65. The second-order valence-electron chi connectivity index (χ2n) is 8.88. The average molecular weight is 531 g/mol. The molecule has 7 atom stereocenters. The maximum atomic E-state index is 14.9. The van der Waals surface area contributed by atoms with E-state index in [1.54, 1.807) is 39.0 Å². The summed E-state index contributed by atoms with van der Waals surface area (Å²) < 4.78 is 50.0. The number of halogens is 1. The molecule has 2 aliphatic heterocycles. The Balaban J connectivity index is 1.71. The minimum absolute atomic E-state index is 0.108. The largest absolute Gasteiger partial charge is 0.462 e. The van der Waals surface area contributed by atoms with Gasteiger partial charge in [0.1, 0.15) is 24.0 Å². The van der Waals surface area contributed by atoms with Gasteiger partial charge in [-0.05, 0) is 32.9 Å². The van der Waals surface area contributed by atoms with Gasteiger partial charge >= 0.3 is 19.7 Å². The lowest BCUT2D eigenvalue weighted by Crippen LogP contribution is -2.59. The molecular weight excluding hydrogens is 500 g/mol. The summed E-state index contributed by atoms with van der Waals surface area (Å²) in [5.41, 5.74) is 0. The van der Waals surface area contributed by atoms with Crippen molar-refractivity contribution in [3.63, 3.8) is 0 Å². The minimum Gasteiger partial charge on any atom is -0.462 e. The molecule has 0 bridgehead atoms. The maximum absolute atomic E-state index is 14.9. The van der Waals surface area contributed by atoms with Gasteiger partial charge in [0, 0.05) is 6.54 Å². The van der Waals surface area contributed by atoms with E-state index in [1.807, 2.05) is 0 Å². The zero-order valence-electron chi connectivity index (χ0n) is 20.3. The number of para-hydroxylation sites is 1. The molecule has 12 nitrogen and oxygen atoms in total. The fourth-order valence-electron chi connectivity index (χ4n) is 3.58. The summed E-state index contributed by atoms with van der Waals surface area (Å²) in [6.45, 7) is 5.56. The van der Waals surface area contributed by atoms with Crippen molar-refractivity contribution < 1.29 is 47.0 Å². The molecule has 3 rings (SSSR count). The highest BCUT2D eigenvalue weighted by atomic mass is 31.2. The van der Waals surface area contributed by atoms with Crippen LogP contribution in [0, 0.1) is 5.92 Å². The second-order valence-corrected chi connectivity index (χ2v) is 10.6. The summed E-state index contributed by atoms with van der Waals surface area (Å²) in [6, 6.07) is 6.05. The molecule has 0 saturated carbocycles. The predicted molar refractivity (Wildman–Crippen MR) is 123 cm³/mol. The number of amides is 3. The molecule has 0 aromatic heterocycles. The number of ether oxygens (including phenoxy) is 2. The van der Waals surface area contributed by atoms with Gasteiger partial charge in [-0.3, -0.25) is 24.3 Å². The van der Waals surface area contributed by atoms with Crippen LogP contribution in [0.5, 0.6) is 5.75 Å². The molecule has 3 N–H and O–H groups in total. The van der Waals surface area contributed by atoms with Gasteiger partial charge < -0.3 is 19.1 Å². The number of alkyl halides is 1. The molecule has 3 amide bonds. The van der Waals surface area contributed by atoms with Gasteiger partial charge in [0.2, 0.25) is 5.91 Å². The van der Waals surface area contributed by atoms with Crippen molar-refractivity contribution in [2.24, 2.45) is 5.92 Å². The Bertz CT molecular complexity index is 998. The van der Waals surface area contributed by atoms with Crippen molar-refractivity contribution in [1.29, 1.82) is 0 Å². The number of aliphatic hydroxyl groups is 1. The van der Waals surface area contributed by atoms with Crippen LogP contribution in [0.1, 0.15) is 27.7 Å². The van der Waals surface area contributed by atoms with E-state index in [0.29, 0.717) is 0 Å². The van der Waals surface area contributed by atoms with Crippen LogP contribution in [0.25, 0.3) is 0 Å². The third kappa shape index (κ3) is 6.80. The highest BCUT2D eigenvalue weighted by molar-refractivity contribution is 7.52. The molecule has 0 spiro atoms. The first-order valence-electron chi connectivity index (χ1n) is 11.5. The van der Waals surface area contributed by atoms with Crippen LogP contribution in [0.3, 0.4) is 0 Å². The van der Waals surface area contributed by atoms with Crippen LogP contribution in [-0.2, 0) is 28.2 Å². The van der Waals surface area contributed by atoms with Gasteiger partial charge in [0.15, 0.2) is 12.4 Å². The van der Waals surface area contributed by atoms with Crippen molar-refractivity contribution in [1.82, 2.24) is 15.3 Å². The zero-order chi connectivity index (χ0) is 26.6. The monoisotopic (exact) mass is 531 g/mol. The van der Waals surface area contributed by atoms with Crippen LogP contribution >= 0.6 is 7.75 Å². The zero-order valence-corrected chi connectivity index (χ0v) is 21.2. The Labute approximate surface area is 208 Å². The standard InChI is InChI=1S/C22H31FN3O9P/c1-12(2)33-21(29)14(4)25-36(31,35-15-8-6-5-7-9-15)32-11-16-18(27)17(23)20(34-16)26-10-13(3)19(28)24-22(26)30/h5-9,12-14,16-18,20,27H,10-11H2,1-4H3,(H,25,31)(H,24,28,30)/t13?,14-,16-,17+,18-,20-,36?/m0/s1. The lowest BCUT2D eigenvalue weighted by atomic mass is 10.1. The molecule has 36 heavy (non-hydrogen) atoms. The van der Waals surface area contributed by atoms with E-state index in [2.05, 4.69) is 10.4 Å². The van der Waals surface area contributed by atoms with E-state index in [0.717, 1.165) is 4.90 Å². The van der Waals surface area contributed by atoms with Crippen LogP contribution in [-0.4, -0.2) is 77.8 Å². The Morgan fingerprint density at radius 3 is 2.61 bits per heavy atom. The molecule has 2 unspecified atom stereocenters. The predicted octanol–water partition coefficient (Wildman–Crippen LogP) is 1.73. The summed E-state index contributed by atoms with van der Waals surface area (Å²) in [6.07, 6.45) is -7.00. The third-order valence-corrected chi connectivity index (χ3v) is 7.09. The number of nitrogens with one attached hydrogen (secondary N) is 2. The smallest absolute Gasteiger partial charge is 0.459 e. The molecule has 2 fully saturated rings. The summed E-state index contributed by atoms with van der Waals surface area (Å²) in [5, 5.41) is 15.0. The molecule has 2 aliphatic rings. The Kier molecular flexibility index (Phi) is 9.07. The van der Waals surface area contributed by atoms with Gasteiger partial charge in [-0.15, -0.1) is 0 Å². The molecular formula is C22H31FN3O9P. The average Bonchev–Trinajstić information content (AvgIpc) is 3.08. The Morgan fingerprint density at radius 2 is 1.97 bits per heavy atom. The van der Waals surface area contributed by atoms with Crippen molar-refractivity contribution in [2.45, 2.75) is 64.4 Å². The fourth-order valence-corrected chi connectivity index (χ4v) is 5.08. The molecule has 0 aliphatic carbocycles. The fraction of sp³-hybridized carbons (Fsp3) is 0.591. The number of hydrogen-bond acceptors (Lipinski definition) is 9. The first kappa shape index (κ1) is 28.0. The van der Waals surface area contributed by atoms with E-state index < -0.39 is 74.9 Å². The quantitative estimate of drug-likeness (QED) is 0.301. The number of urea groups is 1. The van der Waals surface area contributed by atoms with Crippen LogP contribution in [0.15, 0.2) is 30.3 Å². The lowest BCUT2D eigenvalue weighted by Gasteiger charge is -2.35. The van der Waals surface area contributed by atoms with Gasteiger partial charge in [0.25, 0.3) is 0 Å². The normalized spacial score (nSPS) is 29.0. The molecule has 2 heterocycles. The number of nitrogens with zero attached hydrogens (tertiary/aromatic N) is 1. The van der Waals surface area contributed by atoms with Crippen LogP contribution in [0.2, 0.25) is 0 Å². The van der Waals surface area contributed by atoms with Crippen LogP contribution < -0.4 is 14.9 Å². The van der Waals surface area contributed by atoms with E-state index >= 15 is 0 Å². The van der Waals surface area contributed by atoms with Crippen molar-refractivity contribution in [3.05, 3.63) is 30.3 Å². The number of esters is 1. The van der Waals surface area contributed by atoms with E-state index in [4.69, 9.17) is 18.5 Å². The van der Waals surface area contributed by atoms with Crippen LogP contribution in [0.4, 0.5) is 9.18 Å². The van der Waals surface area contributed by atoms with E-state index in [-0.39, 0.29) is 12.3 Å².